The van der Waals surface area contributed by atoms with Crippen molar-refractivity contribution in [1.82, 2.24) is 4.98 Å². The molecule has 0 bridgehead atoms. The van der Waals surface area contributed by atoms with Gasteiger partial charge in [0.05, 0.1) is 10.2 Å². The standard InChI is InChI=1S/C11H12N2S/c1-7-3-2-4-9-10(7)13-11(14-9)12-8-5-6-8/h2-4,8H,5-6H2,1H3,(H,12,13). The SMILES string of the molecule is Cc1cccc2sc(NC3CC3)nc12. The van der Waals surface area contributed by atoms with Gasteiger partial charge < -0.3 is 5.32 Å². The van der Waals surface area contributed by atoms with Gasteiger partial charge >= 0.3 is 0 Å². The molecule has 0 spiro atoms. The Kier molecular flexibility index (Phi) is 1.74. The summed E-state index contributed by atoms with van der Waals surface area (Å²) in [6.07, 6.45) is 2.60. The molecule has 0 radical (unpaired) electrons. The van der Waals surface area contributed by atoms with Crippen LogP contribution in [0.1, 0.15) is 18.4 Å². The number of anilines is 1. The molecule has 1 saturated carbocycles. The molecule has 3 rings (SSSR count). The van der Waals surface area contributed by atoms with E-state index in [1.54, 1.807) is 11.3 Å². The van der Waals surface area contributed by atoms with E-state index in [9.17, 15) is 0 Å². The van der Waals surface area contributed by atoms with Crippen molar-refractivity contribution in [3.63, 3.8) is 0 Å². The number of hydrogen-bond acceptors (Lipinski definition) is 3. The Bertz CT molecular complexity index is 471. The van der Waals surface area contributed by atoms with Crippen LogP contribution in [0.3, 0.4) is 0 Å². The number of thiazole rings is 1. The topological polar surface area (TPSA) is 24.9 Å². The Morgan fingerprint density at radius 2 is 2.29 bits per heavy atom. The molecule has 1 aliphatic rings. The van der Waals surface area contributed by atoms with E-state index in [2.05, 4.69) is 35.4 Å². The first-order chi connectivity index (χ1) is 6.83. The molecule has 14 heavy (non-hydrogen) atoms. The smallest absolute Gasteiger partial charge is 0.184 e. The van der Waals surface area contributed by atoms with E-state index in [0.29, 0.717) is 6.04 Å². The van der Waals surface area contributed by atoms with E-state index in [1.807, 2.05) is 0 Å². The van der Waals surface area contributed by atoms with Crippen molar-refractivity contribution in [1.29, 1.82) is 0 Å². The lowest BCUT2D eigenvalue weighted by molar-refractivity contribution is 1.14. The normalized spacial score (nSPS) is 16.1. The molecule has 0 unspecified atom stereocenters. The quantitative estimate of drug-likeness (QED) is 0.812. The molecule has 0 saturated heterocycles. The minimum absolute atomic E-state index is 0.691. The maximum Gasteiger partial charge on any atom is 0.184 e. The van der Waals surface area contributed by atoms with Crippen LogP contribution in [-0.4, -0.2) is 11.0 Å². The third-order valence-electron chi connectivity index (χ3n) is 2.53. The maximum absolute atomic E-state index is 4.60. The summed E-state index contributed by atoms with van der Waals surface area (Å²) in [5, 5.41) is 4.52. The first-order valence-corrected chi connectivity index (χ1v) is 5.77. The fourth-order valence-electron chi connectivity index (χ4n) is 1.55. The number of nitrogens with one attached hydrogen (secondary N) is 1. The van der Waals surface area contributed by atoms with Crippen molar-refractivity contribution in [2.24, 2.45) is 0 Å². The van der Waals surface area contributed by atoms with E-state index in [1.165, 1.54) is 23.1 Å². The number of hydrogen-bond donors (Lipinski definition) is 1. The summed E-state index contributed by atoms with van der Waals surface area (Å²) >= 11 is 1.76. The van der Waals surface area contributed by atoms with Gasteiger partial charge in [-0.3, -0.25) is 0 Å². The summed E-state index contributed by atoms with van der Waals surface area (Å²) in [4.78, 5) is 4.60. The van der Waals surface area contributed by atoms with E-state index in [4.69, 9.17) is 0 Å². The van der Waals surface area contributed by atoms with Crippen molar-refractivity contribution in [3.05, 3.63) is 23.8 Å². The molecule has 0 aliphatic heterocycles. The fourth-order valence-corrected chi connectivity index (χ4v) is 2.57. The van der Waals surface area contributed by atoms with E-state index < -0.39 is 0 Å². The lowest BCUT2D eigenvalue weighted by atomic mass is 10.2. The monoisotopic (exact) mass is 204 g/mol. The van der Waals surface area contributed by atoms with Crippen LogP contribution in [0.4, 0.5) is 5.13 Å². The molecule has 1 fully saturated rings. The van der Waals surface area contributed by atoms with Crippen LogP contribution in [-0.2, 0) is 0 Å². The van der Waals surface area contributed by atoms with Crippen molar-refractivity contribution in [2.45, 2.75) is 25.8 Å². The van der Waals surface area contributed by atoms with Crippen molar-refractivity contribution >= 4 is 26.7 Å². The van der Waals surface area contributed by atoms with Crippen LogP contribution in [0.15, 0.2) is 18.2 Å². The molecule has 1 aliphatic carbocycles. The van der Waals surface area contributed by atoms with Gasteiger partial charge in [0.2, 0.25) is 0 Å². The zero-order chi connectivity index (χ0) is 9.54. The zero-order valence-electron chi connectivity index (χ0n) is 8.08. The number of nitrogens with zero attached hydrogens (tertiary/aromatic N) is 1. The summed E-state index contributed by atoms with van der Waals surface area (Å²) < 4.78 is 1.29. The highest BCUT2D eigenvalue weighted by Crippen LogP contribution is 2.31. The molecule has 2 nitrogen and oxygen atoms in total. The van der Waals surface area contributed by atoms with Crippen LogP contribution in [0.2, 0.25) is 0 Å². The third-order valence-corrected chi connectivity index (χ3v) is 3.48. The van der Waals surface area contributed by atoms with Crippen LogP contribution < -0.4 is 5.32 Å². The predicted molar refractivity (Wildman–Crippen MR) is 61.0 cm³/mol. The second-order valence-electron chi connectivity index (χ2n) is 3.86. The molecular weight excluding hydrogens is 192 g/mol. The van der Waals surface area contributed by atoms with Crippen LogP contribution in [0.5, 0.6) is 0 Å². The van der Waals surface area contributed by atoms with Crippen molar-refractivity contribution < 1.29 is 0 Å². The number of aromatic nitrogens is 1. The molecule has 1 N–H and O–H groups in total. The summed E-state index contributed by atoms with van der Waals surface area (Å²) in [5.41, 5.74) is 2.42. The molecule has 1 aromatic heterocycles. The van der Waals surface area contributed by atoms with E-state index >= 15 is 0 Å². The van der Waals surface area contributed by atoms with Gasteiger partial charge in [0.15, 0.2) is 5.13 Å². The third kappa shape index (κ3) is 1.38. The Balaban J connectivity index is 2.05. The van der Waals surface area contributed by atoms with Crippen LogP contribution in [0, 0.1) is 6.92 Å². The Morgan fingerprint density at radius 3 is 3.00 bits per heavy atom. The highest BCUT2D eigenvalue weighted by Gasteiger charge is 2.22. The molecule has 2 aromatic rings. The molecular formula is C11H12N2S. The predicted octanol–water partition coefficient (Wildman–Crippen LogP) is 3.18. The van der Waals surface area contributed by atoms with Gasteiger partial charge in [-0.1, -0.05) is 23.5 Å². The average Bonchev–Trinajstić information content (AvgIpc) is 2.84. The summed E-state index contributed by atoms with van der Waals surface area (Å²) in [5.74, 6) is 0. The van der Waals surface area contributed by atoms with Crippen molar-refractivity contribution in [3.8, 4) is 0 Å². The fraction of sp³-hybridized carbons (Fsp3) is 0.364. The van der Waals surface area contributed by atoms with Gasteiger partial charge in [-0.2, -0.15) is 0 Å². The highest BCUT2D eigenvalue weighted by molar-refractivity contribution is 7.22. The van der Waals surface area contributed by atoms with Crippen LogP contribution >= 0.6 is 11.3 Å². The summed E-state index contributed by atoms with van der Waals surface area (Å²) in [7, 11) is 0. The molecule has 0 atom stereocenters. The molecule has 1 aromatic carbocycles. The van der Waals surface area contributed by atoms with E-state index in [0.717, 1.165) is 10.6 Å². The largest absolute Gasteiger partial charge is 0.359 e. The summed E-state index contributed by atoms with van der Waals surface area (Å²) in [6, 6.07) is 7.04. The number of benzene rings is 1. The number of aryl methyl sites for hydroxylation is 1. The van der Waals surface area contributed by atoms with Gasteiger partial charge in [0.25, 0.3) is 0 Å². The molecule has 3 heteroatoms. The first-order valence-electron chi connectivity index (χ1n) is 4.95. The minimum atomic E-state index is 0.691. The second kappa shape index (κ2) is 2.95. The highest BCUT2D eigenvalue weighted by atomic mass is 32.1. The number of rotatable bonds is 2. The molecule has 1 heterocycles. The maximum atomic E-state index is 4.60. The average molecular weight is 204 g/mol. The van der Waals surface area contributed by atoms with E-state index in [-0.39, 0.29) is 0 Å². The Morgan fingerprint density at radius 1 is 1.43 bits per heavy atom. The van der Waals surface area contributed by atoms with Crippen LogP contribution in [0.25, 0.3) is 10.2 Å². The first kappa shape index (κ1) is 8.24. The van der Waals surface area contributed by atoms with Gasteiger partial charge in [-0.25, -0.2) is 4.98 Å². The molecule has 72 valence electrons. The Labute approximate surface area is 87.0 Å². The van der Waals surface area contributed by atoms with Gasteiger partial charge in [-0.15, -0.1) is 0 Å². The van der Waals surface area contributed by atoms with Crippen molar-refractivity contribution in [2.75, 3.05) is 5.32 Å². The minimum Gasteiger partial charge on any atom is -0.359 e. The lowest BCUT2D eigenvalue weighted by Crippen LogP contribution is -1.99. The zero-order valence-corrected chi connectivity index (χ0v) is 8.90. The number of para-hydroxylation sites is 1. The second-order valence-corrected chi connectivity index (χ2v) is 4.89. The summed E-state index contributed by atoms with van der Waals surface area (Å²) in [6.45, 7) is 2.11. The lowest BCUT2D eigenvalue weighted by Gasteiger charge is -1.95. The molecule has 0 amide bonds. The van der Waals surface area contributed by atoms with Gasteiger partial charge in [0, 0.05) is 6.04 Å². The van der Waals surface area contributed by atoms with Gasteiger partial charge in [0.1, 0.15) is 0 Å². The van der Waals surface area contributed by atoms with Gasteiger partial charge in [-0.05, 0) is 31.4 Å². The Hall–Kier alpha value is -1.09. The number of fused-ring (bicyclic) bond motifs is 1.